The van der Waals surface area contributed by atoms with Crippen molar-refractivity contribution < 1.29 is 13.2 Å². The van der Waals surface area contributed by atoms with Gasteiger partial charge in [-0.1, -0.05) is 12.8 Å². The summed E-state index contributed by atoms with van der Waals surface area (Å²) < 4.78 is 30.7. The van der Waals surface area contributed by atoms with Gasteiger partial charge in [0.15, 0.2) is 0 Å². The van der Waals surface area contributed by atoms with Gasteiger partial charge in [-0.3, -0.25) is 4.79 Å². The predicted octanol–water partition coefficient (Wildman–Crippen LogP) is 3.61. The molecule has 30 heavy (non-hydrogen) atoms. The van der Waals surface area contributed by atoms with Crippen LogP contribution in [0, 0.1) is 13.8 Å². The first-order chi connectivity index (χ1) is 14.3. The Morgan fingerprint density at radius 3 is 2.47 bits per heavy atom. The second-order valence-electron chi connectivity index (χ2n) is 8.43. The topological polar surface area (TPSA) is 84.3 Å². The lowest BCUT2D eigenvalue weighted by atomic mass is 10.1. The minimum absolute atomic E-state index is 0.0222. The smallest absolute Gasteiger partial charge is 0.265 e. The fourth-order valence-electron chi connectivity index (χ4n) is 4.42. The summed E-state index contributed by atoms with van der Waals surface area (Å²) in [7, 11) is -1.74. The van der Waals surface area contributed by atoms with Gasteiger partial charge in [0, 0.05) is 31.9 Å². The fraction of sp³-hybridized carbons (Fsp3) is 0.619. The zero-order valence-electron chi connectivity index (χ0n) is 17.9. The molecule has 0 aromatic carbocycles. The Hall–Kier alpha value is -1.71. The molecule has 1 saturated heterocycles. The van der Waals surface area contributed by atoms with E-state index < -0.39 is 10.0 Å². The van der Waals surface area contributed by atoms with Crippen molar-refractivity contribution in [3.63, 3.8) is 0 Å². The van der Waals surface area contributed by atoms with Crippen molar-refractivity contribution in [1.29, 1.82) is 0 Å². The minimum atomic E-state index is -3.59. The van der Waals surface area contributed by atoms with Gasteiger partial charge in [0.1, 0.15) is 14.8 Å². The fourth-order valence-corrected chi connectivity index (χ4v) is 7.10. The molecule has 2 aliphatic rings. The number of piperidine rings is 1. The normalized spacial score (nSPS) is 18.3. The summed E-state index contributed by atoms with van der Waals surface area (Å²) >= 11 is 1.36. The number of rotatable bonds is 5. The maximum atomic E-state index is 13.0. The van der Waals surface area contributed by atoms with Gasteiger partial charge < -0.3 is 9.47 Å². The molecule has 164 valence electrons. The summed E-state index contributed by atoms with van der Waals surface area (Å²) in [5, 5.41) is 0.681. The zero-order chi connectivity index (χ0) is 21.5. The number of aryl methyl sites for hydroxylation is 1. The number of hydrogen-bond acceptors (Lipinski definition) is 5. The highest BCUT2D eigenvalue weighted by Crippen LogP contribution is 2.33. The van der Waals surface area contributed by atoms with Gasteiger partial charge in [0.2, 0.25) is 10.0 Å². The van der Waals surface area contributed by atoms with Crippen LogP contribution in [0.3, 0.4) is 0 Å². The molecule has 7 nitrogen and oxygen atoms in total. The summed E-state index contributed by atoms with van der Waals surface area (Å²) in [4.78, 5) is 20.4. The summed E-state index contributed by atoms with van der Waals surface area (Å²) in [5.41, 5.74) is 2.11. The number of likely N-dealkylation sites (tertiary alicyclic amines) is 1. The van der Waals surface area contributed by atoms with Crippen LogP contribution in [0.15, 0.2) is 11.0 Å². The van der Waals surface area contributed by atoms with E-state index in [1.54, 1.807) is 6.07 Å². The second kappa shape index (κ2) is 8.43. The number of nitrogens with one attached hydrogen (secondary N) is 1. The molecule has 1 aliphatic carbocycles. The van der Waals surface area contributed by atoms with Crippen LogP contribution in [-0.2, 0) is 17.1 Å². The average Bonchev–Trinajstić information content (AvgIpc) is 3.43. The predicted molar refractivity (Wildman–Crippen MR) is 118 cm³/mol. The van der Waals surface area contributed by atoms with Gasteiger partial charge in [-0.05, 0) is 52.0 Å². The molecular weight excluding hydrogens is 420 g/mol. The van der Waals surface area contributed by atoms with E-state index in [-0.39, 0.29) is 11.9 Å². The SMILES string of the molecule is Cc1nc(-c2cc(S(=O)(=O)NC3CCCC3)c(C)n2C)sc1C(=O)N1CCCCC1. The van der Waals surface area contributed by atoms with Crippen molar-refractivity contribution in [3.8, 4) is 10.7 Å². The third-order valence-corrected chi connectivity index (χ3v) is 9.11. The first-order valence-corrected chi connectivity index (χ1v) is 13.0. The number of amides is 1. The highest BCUT2D eigenvalue weighted by Gasteiger charge is 2.29. The van der Waals surface area contributed by atoms with Gasteiger partial charge in [0.25, 0.3) is 5.91 Å². The maximum Gasteiger partial charge on any atom is 0.265 e. The summed E-state index contributed by atoms with van der Waals surface area (Å²) in [5.74, 6) is 0.0395. The van der Waals surface area contributed by atoms with Gasteiger partial charge >= 0.3 is 0 Å². The van der Waals surface area contributed by atoms with Crippen molar-refractivity contribution in [1.82, 2.24) is 19.2 Å². The number of carbonyl (C=O) groups is 1. The van der Waals surface area contributed by atoms with E-state index in [0.29, 0.717) is 26.2 Å². The molecule has 0 bridgehead atoms. The molecule has 3 heterocycles. The van der Waals surface area contributed by atoms with Crippen molar-refractivity contribution in [2.75, 3.05) is 13.1 Å². The molecule has 0 atom stereocenters. The minimum Gasteiger partial charge on any atom is -0.345 e. The van der Waals surface area contributed by atoms with Gasteiger partial charge in [-0.15, -0.1) is 11.3 Å². The molecule has 2 fully saturated rings. The van der Waals surface area contributed by atoms with Crippen LogP contribution in [0.25, 0.3) is 10.7 Å². The van der Waals surface area contributed by atoms with E-state index in [1.807, 2.05) is 30.4 Å². The first kappa shape index (κ1) is 21.5. The van der Waals surface area contributed by atoms with Crippen molar-refractivity contribution in [3.05, 3.63) is 22.3 Å². The molecule has 9 heteroatoms. The maximum absolute atomic E-state index is 13.0. The number of aromatic nitrogens is 2. The Balaban J connectivity index is 1.63. The largest absolute Gasteiger partial charge is 0.345 e. The lowest BCUT2D eigenvalue weighted by molar-refractivity contribution is 0.0728. The molecule has 4 rings (SSSR count). The Labute approximate surface area is 182 Å². The standard InChI is InChI=1S/C21H30N4O3S2/c1-14-19(21(26)25-11-7-4-8-12-25)29-20(22-14)17-13-18(15(2)24(17)3)30(27,28)23-16-9-5-6-10-16/h13,16,23H,4-12H2,1-3H3. The van der Waals surface area contributed by atoms with Crippen LogP contribution < -0.4 is 4.72 Å². The van der Waals surface area contributed by atoms with Crippen molar-refractivity contribution in [2.45, 2.75) is 69.7 Å². The average molecular weight is 451 g/mol. The number of carbonyl (C=O) groups excluding carboxylic acids is 1. The van der Waals surface area contributed by atoms with E-state index in [2.05, 4.69) is 9.71 Å². The third-order valence-electron chi connectivity index (χ3n) is 6.31. The van der Waals surface area contributed by atoms with Gasteiger partial charge in [-0.25, -0.2) is 18.1 Å². The van der Waals surface area contributed by atoms with Crippen molar-refractivity contribution >= 4 is 27.3 Å². The quantitative estimate of drug-likeness (QED) is 0.754. The Morgan fingerprint density at radius 2 is 1.80 bits per heavy atom. The van der Waals surface area contributed by atoms with Gasteiger partial charge in [-0.2, -0.15) is 0 Å². The van der Waals surface area contributed by atoms with Gasteiger partial charge in [0.05, 0.1) is 11.4 Å². The van der Waals surface area contributed by atoms with E-state index in [9.17, 15) is 13.2 Å². The number of thiazole rings is 1. The van der Waals surface area contributed by atoms with Crippen LogP contribution in [-0.4, -0.2) is 47.9 Å². The molecule has 0 radical (unpaired) electrons. The van der Waals surface area contributed by atoms with E-state index in [0.717, 1.165) is 57.3 Å². The molecule has 2 aromatic heterocycles. The Kier molecular flexibility index (Phi) is 6.05. The monoisotopic (exact) mass is 450 g/mol. The van der Waals surface area contributed by atoms with Crippen molar-refractivity contribution in [2.24, 2.45) is 7.05 Å². The molecule has 1 saturated carbocycles. The summed E-state index contributed by atoms with van der Waals surface area (Å²) in [6, 6.07) is 1.72. The van der Waals surface area contributed by atoms with Crippen LogP contribution in [0.4, 0.5) is 0 Å². The number of nitrogens with zero attached hydrogens (tertiary/aromatic N) is 3. The highest BCUT2D eigenvalue weighted by molar-refractivity contribution is 7.89. The molecule has 1 N–H and O–H groups in total. The number of hydrogen-bond donors (Lipinski definition) is 1. The van der Waals surface area contributed by atoms with Crippen LogP contribution >= 0.6 is 11.3 Å². The number of sulfonamides is 1. The first-order valence-electron chi connectivity index (χ1n) is 10.7. The Morgan fingerprint density at radius 1 is 1.13 bits per heavy atom. The highest BCUT2D eigenvalue weighted by atomic mass is 32.2. The van der Waals surface area contributed by atoms with E-state index in [4.69, 9.17) is 0 Å². The molecule has 2 aromatic rings. The molecule has 1 amide bonds. The lowest BCUT2D eigenvalue weighted by Gasteiger charge is -2.26. The third kappa shape index (κ3) is 4.07. The lowest BCUT2D eigenvalue weighted by Crippen LogP contribution is -2.35. The molecular formula is C21H30N4O3S2. The second-order valence-corrected chi connectivity index (χ2v) is 11.1. The summed E-state index contributed by atoms with van der Waals surface area (Å²) in [6.45, 7) is 5.26. The molecule has 1 aliphatic heterocycles. The molecule has 0 unspecified atom stereocenters. The van der Waals surface area contributed by atoms with E-state index >= 15 is 0 Å². The Bertz CT molecular complexity index is 1040. The molecule has 0 spiro atoms. The summed E-state index contributed by atoms with van der Waals surface area (Å²) in [6.07, 6.45) is 7.19. The van der Waals surface area contributed by atoms with Crippen LogP contribution in [0.2, 0.25) is 0 Å². The van der Waals surface area contributed by atoms with E-state index in [1.165, 1.54) is 17.8 Å². The zero-order valence-corrected chi connectivity index (χ0v) is 19.5. The van der Waals surface area contributed by atoms with Crippen LogP contribution in [0.1, 0.15) is 66.0 Å². The van der Waals surface area contributed by atoms with Crippen LogP contribution in [0.5, 0.6) is 0 Å².